The van der Waals surface area contributed by atoms with E-state index in [0.29, 0.717) is 34.3 Å². The van der Waals surface area contributed by atoms with Gasteiger partial charge in [-0.3, -0.25) is 10.4 Å². The number of hydrogen-bond donors (Lipinski definition) is 3. The highest BCUT2D eigenvalue weighted by atomic mass is 19.1. The van der Waals surface area contributed by atoms with E-state index in [2.05, 4.69) is 15.3 Å². The Kier molecular flexibility index (Phi) is 6.43. The first kappa shape index (κ1) is 21.0. The van der Waals surface area contributed by atoms with Crippen LogP contribution in [-0.4, -0.2) is 23.1 Å². The zero-order chi connectivity index (χ0) is 21.7. The summed E-state index contributed by atoms with van der Waals surface area (Å²) in [5, 5.41) is 2.64. The van der Waals surface area contributed by atoms with Gasteiger partial charge in [-0.1, -0.05) is 6.07 Å². The standard InChI is InChI=1S/C21H22FN5O3/c1-12-9-15(17-8-7-14(22)10-24-17)13(2)25-20(12)30-11-16-18(26-21(28)27-23)5-4-6-19(16)29-3/h4-10H,11,23H2,1-3H3,(H2,26,27,28). The Bertz CT molecular complexity index is 1060. The van der Waals surface area contributed by atoms with Crippen molar-refractivity contribution in [3.8, 4) is 22.9 Å². The van der Waals surface area contributed by atoms with E-state index in [0.717, 1.165) is 11.1 Å². The van der Waals surface area contributed by atoms with Crippen LogP contribution in [0.25, 0.3) is 11.3 Å². The van der Waals surface area contributed by atoms with E-state index in [-0.39, 0.29) is 6.61 Å². The molecule has 2 amide bonds. The van der Waals surface area contributed by atoms with Gasteiger partial charge in [-0.2, -0.15) is 0 Å². The maximum absolute atomic E-state index is 13.2. The first-order valence-electron chi connectivity index (χ1n) is 9.09. The monoisotopic (exact) mass is 411 g/mol. The van der Waals surface area contributed by atoms with Gasteiger partial charge >= 0.3 is 6.03 Å². The third kappa shape index (κ3) is 4.64. The normalized spacial score (nSPS) is 10.4. The number of hydrogen-bond acceptors (Lipinski definition) is 6. The minimum absolute atomic E-state index is 0.103. The summed E-state index contributed by atoms with van der Waals surface area (Å²) in [4.78, 5) is 20.3. The molecule has 8 nitrogen and oxygen atoms in total. The van der Waals surface area contributed by atoms with Crippen molar-refractivity contribution in [2.75, 3.05) is 12.4 Å². The third-order valence-corrected chi connectivity index (χ3v) is 4.45. The van der Waals surface area contributed by atoms with Crippen molar-refractivity contribution in [3.63, 3.8) is 0 Å². The largest absolute Gasteiger partial charge is 0.496 e. The van der Waals surface area contributed by atoms with Gasteiger partial charge in [-0.15, -0.1) is 0 Å². The van der Waals surface area contributed by atoms with Crippen molar-refractivity contribution in [1.29, 1.82) is 0 Å². The molecule has 2 heterocycles. The number of amides is 2. The number of halogens is 1. The van der Waals surface area contributed by atoms with Crippen molar-refractivity contribution in [3.05, 3.63) is 65.2 Å². The Morgan fingerprint density at radius 1 is 1.23 bits per heavy atom. The lowest BCUT2D eigenvalue weighted by molar-refractivity contribution is 0.252. The van der Waals surface area contributed by atoms with Crippen LogP contribution in [0, 0.1) is 19.7 Å². The second-order valence-corrected chi connectivity index (χ2v) is 6.48. The fourth-order valence-corrected chi connectivity index (χ4v) is 2.95. The summed E-state index contributed by atoms with van der Waals surface area (Å²) in [6.45, 7) is 3.79. The van der Waals surface area contributed by atoms with Crippen LogP contribution in [0.1, 0.15) is 16.8 Å². The fraction of sp³-hybridized carbons (Fsp3) is 0.190. The number of aryl methyl sites for hydroxylation is 2. The highest BCUT2D eigenvalue weighted by molar-refractivity contribution is 5.90. The molecular weight excluding hydrogens is 389 g/mol. The highest BCUT2D eigenvalue weighted by Crippen LogP contribution is 2.30. The lowest BCUT2D eigenvalue weighted by atomic mass is 10.1. The number of nitrogens with two attached hydrogens (primary N) is 1. The van der Waals surface area contributed by atoms with Crippen LogP contribution >= 0.6 is 0 Å². The molecule has 0 aliphatic rings. The summed E-state index contributed by atoms with van der Waals surface area (Å²) in [6, 6.07) is 9.51. The SMILES string of the molecule is COc1cccc(NC(=O)NN)c1COc1nc(C)c(-c2ccc(F)cn2)cc1C. The predicted octanol–water partition coefficient (Wildman–Crippen LogP) is 3.48. The molecule has 0 fully saturated rings. The number of ether oxygens (including phenoxy) is 2. The maximum Gasteiger partial charge on any atom is 0.333 e. The molecule has 0 saturated heterocycles. The van der Waals surface area contributed by atoms with Crippen molar-refractivity contribution in [2.45, 2.75) is 20.5 Å². The summed E-state index contributed by atoms with van der Waals surface area (Å²) in [7, 11) is 1.53. The van der Waals surface area contributed by atoms with Gasteiger partial charge in [-0.05, 0) is 44.2 Å². The number of hydrazine groups is 1. The number of urea groups is 1. The number of aromatic nitrogens is 2. The Labute approximate surface area is 173 Å². The molecule has 2 aromatic heterocycles. The molecular formula is C21H22FN5O3. The zero-order valence-electron chi connectivity index (χ0n) is 16.8. The summed E-state index contributed by atoms with van der Waals surface area (Å²) in [5.74, 6) is 5.73. The highest BCUT2D eigenvalue weighted by Gasteiger charge is 2.15. The Hall–Kier alpha value is -3.72. The van der Waals surface area contributed by atoms with Gasteiger partial charge in [0.05, 0.1) is 35.9 Å². The quantitative estimate of drug-likeness (QED) is 0.325. The molecule has 9 heteroatoms. The van der Waals surface area contributed by atoms with Crippen molar-refractivity contribution in [1.82, 2.24) is 15.4 Å². The Balaban J connectivity index is 1.87. The number of carbonyl (C=O) groups excluding carboxylic acids is 1. The van der Waals surface area contributed by atoms with Gasteiger partial charge in [-0.25, -0.2) is 20.0 Å². The van der Waals surface area contributed by atoms with Gasteiger partial charge in [0, 0.05) is 11.1 Å². The summed E-state index contributed by atoms with van der Waals surface area (Å²) < 4.78 is 24.5. The topological polar surface area (TPSA) is 111 Å². The number of benzene rings is 1. The van der Waals surface area contributed by atoms with E-state index in [1.54, 1.807) is 24.3 Å². The van der Waals surface area contributed by atoms with E-state index < -0.39 is 11.8 Å². The predicted molar refractivity (Wildman–Crippen MR) is 111 cm³/mol. The van der Waals surface area contributed by atoms with Crippen molar-refractivity contribution < 1.29 is 18.7 Å². The molecule has 156 valence electrons. The van der Waals surface area contributed by atoms with Crippen LogP contribution in [0.15, 0.2) is 42.6 Å². The number of anilines is 1. The molecule has 0 bridgehead atoms. The van der Waals surface area contributed by atoms with Gasteiger partial charge < -0.3 is 14.8 Å². The minimum atomic E-state index is -0.564. The zero-order valence-corrected chi connectivity index (χ0v) is 16.8. The molecule has 1 aromatic carbocycles. The number of rotatable bonds is 6. The third-order valence-electron chi connectivity index (χ3n) is 4.45. The molecule has 3 rings (SSSR count). The first-order valence-corrected chi connectivity index (χ1v) is 9.09. The van der Waals surface area contributed by atoms with Crippen LogP contribution < -0.4 is 26.1 Å². The van der Waals surface area contributed by atoms with Gasteiger partial charge in [0.2, 0.25) is 5.88 Å². The van der Waals surface area contributed by atoms with Gasteiger partial charge in [0.1, 0.15) is 18.2 Å². The molecule has 4 N–H and O–H groups in total. The lowest BCUT2D eigenvalue weighted by Gasteiger charge is -2.16. The molecule has 0 atom stereocenters. The van der Waals surface area contributed by atoms with Crippen LogP contribution in [0.5, 0.6) is 11.6 Å². The molecule has 3 aromatic rings. The number of nitrogens with one attached hydrogen (secondary N) is 2. The smallest absolute Gasteiger partial charge is 0.333 e. The number of pyridine rings is 2. The Morgan fingerprint density at radius 3 is 2.70 bits per heavy atom. The van der Waals surface area contributed by atoms with Gasteiger partial charge in [0.25, 0.3) is 0 Å². The summed E-state index contributed by atoms with van der Waals surface area (Å²) >= 11 is 0. The van der Waals surface area contributed by atoms with E-state index in [9.17, 15) is 9.18 Å². The number of methoxy groups -OCH3 is 1. The summed E-state index contributed by atoms with van der Waals surface area (Å²) in [6.07, 6.45) is 1.17. The van der Waals surface area contributed by atoms with E-state index in [1.165, 1.54) is 19.4 Å². The van der Waals surface area contributed by atoms with Crippen molar-refractivity contribution >= 4 is 11.7 Å². The van der Waals surface area contributed by atoms with Gasteiger partial charge in [0.15, 0.2) is 0 Å². The molecule has 0 aliphatic heterocycles. The minimum Gasteiger partial charge on any atom is -0.496 e. The first-order chi connectivity index (χ1) is 14.4. The van der Waals surface area contributed by atoms with Crippen LogP contribution in [-0.2, 0) is 6.61 Å². The van der Waals surface area contributed by atoms with E-state index in [1.807, 2.05) is 25.3 Å². The second-order valence-electron chi connectivity index (χ2n) is 6.48. The van der Waals surface area contributed by atoms with Crippen molar-refractivity contribution in [2.24, 2.45) is 5.84 Å². The molecule has 0 radical (unpaired) electrons. The molecule has 0 aliphatic carbocycles. The summed E-state index contributed by atoms with van der Waals surface area (Å²) in [5.41, 5.74) is 6.04. The molecule has 0 unspecified atom stereocenters. The van der Waals surface area contributed by atoms with Crippen LogP contribution in [0.2, 0.25) is 0 Å². The van der Waals surface area contributed by atoms with E-state index in [4.69, 9.17) is 15.3 Å². The van der Waals surface area contributed by atoms with Crippen LogP contribution in [0.3, 0.4) is 0 Å². The Morgan fingerprint density at radius 2 is 2.03 bits per heavy atom. The maximum atomic E-state index is 13.2. The molecule has 0 saturated carbocycles. The molecule has 30 heavy (non-hydrogen) atoms. The number of carbonyl (C=O) groups is 1. The average molecular weight is 411 g/mol. The number of nitrogens with zero attached hydrogens (tertiary/aromatic N) is 2. The second kappa shape index (κ2) is 9.19. The van der Waals surface area contributed by atoms with Crippen LogP contribution in [0.4, 0.5) is 14.9 Å². The fourth-order valence-electron chi connectivity index (χ4n) is 2.95. The molecule has 0 spiro atoms. The average Bonchev–Trinajstić information content (AvgIpc) is 2.75. The lowest BCUT2D eigenvalue weighted by Crippen LogP contribution is -2.34. The van der Waals surface area contributed by atoms with E-state index >= 15 is 0 Å².